The fourth-order valence-corrected chi connectivity index (χ4v) is 6.23. The van der Waals surface area contributed by atoms with Crippen molar-refractivity contribution in [3.8, 4) is 22.6 Å². The first-order valence-corrected chi connectivity index (χ1v) is 14.4. The number of hydrogen-bond acceptors (Lipinski definition) is 6. The molecule has 0 saturated heterocycles. The van der Waals surface area contributed by atoms with Crippen LogP contribution in [0.3, 0.4) is 0 Å². The summed E-state index contributed by atoms with van der Waals surface area (Å²) in [4.78, 5) is 24.9. The summed E-state index contributed by atoms with van der Waals surface area (Å²) in [7, 11) is 0. The van der Waals surface area contributed by atoms with E-state index < -0.39 is 11.5 Å². The Bertz CT molecular complexity index is 1680. The van der Waals surface area contributed by atoms with Crippen molar-refractivity contribution in [2.24, 2.45) is 11.1 Å². The van der Waals surface area contributed by atoms with Gasteiger partial charge in [0.25, 0.3) is 5.91 Å². The lowest BCUT2D eigenvalue weighted by Gasteiger charge is -2.57. The van der Waals surface area contributed by atoms with Gasteiger partial charge in [-0.1, -0.05) is 24.3 Å². The van der Waals surface area contributed by atoms with E-state index in [1.165, 1.54) is 6.07 Å². The second-order valence-corrected chi connectivity index (χ2v) is 12.5. The summed E-state index contributed by atoms with van der Waals surface area (Å²) in [6.45, 7) is 3.50. The summed E-state index contributed by atoms with van der Waals surface area (Å²) in [5.74, 6) is -0.0581. The highest BCUT2D eigenvalue weighted by Gasteiger charge is 2.54. The maximum Gasteiger partial charge on any atom is 0.252 e. The molecule has 9 nitrogen and oxygen atoms in total. The summed E-state index contributed by atoms with van der Waals surface area (Å²) >= 11 is 0. The molecular weight excluding hydrogens is 551 g/mol. The highest BCUT2D eigenvalue weighted by atomic mass is 19.1. The topological polar surface area (TPSA) is 128 Å². The van der Waals surface area contributed by atoms with Crippen molar-refractivity contribution in [1.82, 2.24) is 14.9 Å². The van der Waals surface area contributed by atoms with Gasteiger partial charge in [-0.15, -0.1) is 0 Å². The first-order chi connectivity index (χ1) is 20.5. The lowest BCUT2D eigenvalue weighted by atomic mass is 9.53. The average molecular weight is 587 g/mol. The number of nitrogens with zero attached hydrogens (tertiary/aromatic N) is 2. The number of aliphatic hydroxyl groups is 1. The number of aromatic nitrogens is 2. The molecule has 2 aromatic carbocycles. The van der Waals surface area contributed by atoms with Crippen molar-refractivity contribution in [3.63, 3.8) is 0 Å². The number of halogens is 1. The molecule has 1 spiro atoms. The van der Waals surface area contributed by atoms with E-state index in [1.54, 1.807) is 73.2 Å². The normalized spacial score (nSPS) is 21.2. The summed E-state index contributed by atoms with van der Waals surface area (Å²) < 4.78 is 27.9. The van der Waals surface area contributed by atoms with Crippen molar-refractivity contribution in [1.29, 1.82) is 0 Å². The number of fused-ring (bicyclic) bond motifs is 1. The number of amides is 2. The number of carbonyl (C=O) groups is 2. The molecule has 0 aliphatic heterocycles. The van der Waals surface area contributed by atoms with Crippen LogP contribution in [0.15, 0.2) is 67.0 Å². The minimum Gasteiger partial charge on any atom is -0.490 e. The number of hydrogen-bond donors (Lipinski definition) is 3. The third-order valence-corrected chi connectivity index (χ3v) is 8.28. The standard InChI is InChI=1S/C33H35FN4O5/c1-32(2,41)19-42-23-8-10-28-21(17-36-38(28)18-23)12-30(39)37-22-13-33(14-22)15-24(16-33)43-29-11-20(7-9-26(29)31(35)40)25-5-3-4-6-27(25)34/h3-11,17-18,22,24,41H,12-16,19H2,1-2H3,(H2,35,40)(H,37,39). The number of benzene rings is 2. The Kier molecular flexibility index (Phi) is 7.33. The van der Waals surface area contributed by atoms with Gasteiger partial charge in [0.15, 0.2) is 0 Å². The molecule has 2 amide bonds. The molecule has 6 rings (SSSR count). The Morgan fingerprint density at radius 1 is 1.14 bits per heavy atom. The number of rotatable bonds is 10. The lowest BCUT2D eigenvalue weighted by Crippen LogP contribution is -2.59. The second kappa shape index (κ2) is 11.0. The smallest absolute Gasteiger partial charge is 0.252 e. The third kappa shape index (κ3) is 6.19. The number of ether oxygens (including phenoxy) is 2. The van der Waals surface area contributed by atoms with E-state index in [1.807, 2.05) is 6.07 Å². The summed E-state index contributed by atoms with van der Waals surface area (Å²) in [5.41, 5.74) is 7.71. The maximum atomic E-state index is 14.4. The molecule has 224 valence electrons. The average Bonchev–Trinajstić information content (AvgIpc) is 3.30. The Balaban J connectivity index is 1.01. The van der Waals surface area contributed by atoms with E-state index in [0.717, 1.165) is 36.8 Å². The second-order valence-electron chi connectivity index (χ2n) is 12.5. The third-order valence-electron chi connectivity index (χ3n) is 8.28. The number of pyridine rings is 1. The number of carbonyl (C=O) groups excluding carboxylic acids is 2. The van der Waals surface area contributed by atoms with Crippen LogP contribution in [0.4, 0.5) is 4.39 Å². The molecule has 2 saturated carbocycles. The fourth-order valence-electron chi connectivity index (χ4n) is 6.23. The monoisotopic (exact) mass is 586 g/mol. The predicted molar refractivity (Wildman–Crippen MR) is 158 cm³/mol. The molecule has 0 radical (unpaired) electrons. The van der Waals surface area contributed by atoms with Crippen LogP contribution in [0, 0.1) is 11.2 Å². The molecule has 4 aromatic rings. The molecular formula is C33H35FN4O5. The highest BCUT2D eigenvalue weighted by molar-refractivity contribution is 5.96. The Morgan fingerprint density at radius 2 is 1.91 bits per heavy atom. The maximum absolute atomic E-state index is 14.4. The molecule has 43 heavy (non-hydrogen) atoms. The molecule has 0 bridgehead atoms. The van der Waals surface area contributed by atoms with Gasteiger partial charge < -0.3 is 25.6 Å². The zero-order chi connectivity index (χ0) is 30.4. The fraction of sp³-hybridized carbons (Fsp3) is 0.364. The van der Waals surface area contributed by atoms with Crippen LogP contribution in [-0.4, -0.2) is 50.9 Å². The molecule has 0 atom stereocenters. The van der Waals surface area contributed by atoms with Gasteiger partial charge in [0.1, 0.15) is 23.9 Å². The minimum absolute atomic E-state index is 0.0553. The van der Waals surface area contributed by atoms with Gasteiger partial charge in [0, 0.05) is 17.2 Å². The van der Waals surface area contributed by atoms with Gasteiger partial charge in [0.05, 0.1) is 41.6 Å². The van der Waals surface area contributed by atoms with Crippen LogP contribution in [0.2, 0.25) is 0 Å². The van der Waals surface area contributed by atoms with E-state index in [9.17, 15) is 19.1 Å². The van der Waals surface area contributed by atoms with Crippen LogP contribution in [-0.2, 0) is 11.2 Å². The van der Waals surface area contributed by atoms with Crippen molar-refractivity contribution in [2.75, 3.05) is 6.61 Å². The zero-order valence-electron chi connectivity index (χ0n) is 24.2. The zero-order valence-corrected chi connectivity index (χ0v) is 24.2. The van der Waals surface area contributed by atoms with Crippen LogP contribution in [0.25, 0.3) is 16.6 Å². The molecule has 2 aliphatic carbocycles. The van der Waals surface area contributed by atoms with Crippen molar-refractivity contribution < 1.29 is 28.6 Å². The summed E-state index contributed by atoms with van der Waals surface area (Å²) in [5, 5.41) is 17.4. The van der Waals surface area contributed by atoms with Crippen molar-refractivity contribution in [2.45, 2.75) is 63.7 Å². The van der Waals surface area contributed by atoms with Crippen molar-refractivity contribution >= 4 is 17.3 Å². The van der Waals surface area contributed by atoms with Gasteiger partial charge in [-0.3, -0.25) is 9.59 Å². The van der Waals surface area contributed by atoms with E-state index in [0.29, 0.717) is 22.6 Å². The van der Waals surface area contributed by atoms with Crippen LogP contribution < -0.4 is 20.5 Å². The number of nitrogens with one attached hydrogen (secondary N) is 1. The molecule has 2 fully saturated rings. The quantitative estimate of drug-likeness (QED) is 0.252. The molecule has 2 aliphatic rings. The predicted octanol–water partition coefficient (Wildman–Crippen LogP) is 4.44. The number of primary amides is 1. The number of nitrogens with two attached hydrogens (primary N) is 1. The van der Waals surface area contributed by atoms with Crippen LogP contribution in [0.5, 0.6) is 11.5 Å². The largest absolute Gasteiger partial charge is 0.490 e. The molecule has 4 N–H and O–H groups in total. The highest BCUT2D eigenvalue weighted by Crippen LogP contribution is 2.57. The molecule has 0 unspecified atom stereocenters. The lowest BCUT2D eigenvalue weighted by molar-refractivity contribution is -0.126. The minimum atomic E-state index is -0.944. The Morgan fingerprint density at radius 3 is 2.63 bits per heavy atom. The first kappa shape index (κ1) is 28.7. The van der Waals surface area contributed by atoms with Gasteiger partial charge in [-0.25, -0.2) is 8.91 Å². The Hall–Kier alpha value is -4.44. The van der Waals surface area contributed by atoms with E-state index in [-0.39, 0.29) is 47.9 Å². The van der Waals surface area contributed by atoms with E-state index in [2.05, 4.69) is 10.4 Å². The van der Waals surface area contributed by atoms with Crippen molar-refractivity contribution in [3.05, 3.63) is 83.9 Å². The molecule has 2 heterocycles. The van der Waals surface area contributed by atoms with Crippen LogP contribution >= 0.6 is 0 Å². The molecule has 10 heteroatoms. The molecule has 2 aromatic heterocycles. The van der Waals surface area contributed by atoms with Crippen LogP contribution in [0.1, 0.15) is 55.5 Å². The van der Waals surface area contributed by atoms with Gasteiger partial charge >= 0.3 is 0 Å². The van der Waals surface area contributed by atoms with Gasteiger partial charge in [-0.2, -0.15) is 5.10 Å². The van der Waals surface area contributed by atoms with E-state index >= 15 is 0 Å². The van der Waals surface area contributed by atoms with Gasteiger partial charge in [0.2, 0.25) is 5.91 Å². The Labute approximate surface area is 248 Å². The van der Waals surface area contributed by atoms with Gasteiger partial charge in [-0.05, 0) is 80.8 Å². The SMILES string of the molecule is CC(C)(O)COc1ccc2c(CC(=O)NC3CC4(C3)CC(Oc3cc(-c5ccccc5F)ccc3C(N)=O)C4)cnn2c1. The van der Waals surface area contributed by atoms with E-state index in [4.69, 9.17) is 15.2 Å². The first-order valence-electron chi connectivity index (χ1n) is 14.4. The summed E-state index contributed by atoms with van der Waals surface area (Å²) in [6.07, 6.45) is 6.92. The summed E-state index contributed by atoms with van der Waals surface area (Å²) in [6, 6.07) is 15.2.